The van der Waals surface area contributed by atoms with Gasteiger partial charge in [0.1, 0.15) is 11.5 Å². The summed E-state index contributed by atoms with van der Waals surface area (Å²) in [6, 6.07) is 4.72. The SMILES string of the molecule is CNS(=O)(=O)Oc1ccc(-c2cn3ccncc3n2)c(OC)c1. The molecule has 2 heterocycles. The number of imidazole rings is 1. The van der Waals surface area contributed by atoms with Crippen molar-refractivity contribution in [2.75, 3.05) is 14.2 Å². The molecule has 1 N–H and O–H groups in total. The maximum atomic E-state index is 11.4. The molecule has 9 heteroatoms. The highest BCUT2D eigenvalue weighted by atomic mass is 32.2. The van der Waals surface area contributed by atoms with Crippen LogP contribution >= 0.6 is 0 Å². The van der Waals surface area contributed by atoms with Gasteiger partial charge in [0.05, 0.1) is 19.0 Å². The number of aromatic nitrogens is 3. The smallest absolute Gasteiger partial charge is 0.382 e. The number of nitrogens with zero attached hydrogens (tertiary/aromatic N) is 3. The second-order valence-electron chi connectivity index (χ2n) is 4.57. The van der Waals surface area contributed by atoms with Gasteiger partial charge in [-0.15, -0.1) is 0 Å². The minimum Gasteiger partial charge on any atom is -0.496 e. The molecule has 3 aromatic rings. The predicted molar refractivity (Wildman–Crippen MR) is 83.6 cm³/mol. The van der Waals surface area contributed by atoms with Crippen LogP contribution in [-0.4, -0.2) is 36.9 Å². The monoisotopic (exact) mass is 334 g/mol. The van der Waals surface area contributed by atoms with Gasteiger partial charge >= 0.3 is 10.3 Å². The third kappa shape index (κ3) is 3.10. The minimum absolute atomic E-state index is 0.144. The molecule has 0 atom stereocenters. The number of methoxy groups -OCH3 is 1. The molecule has 2 aromatic heterocycles. The molecule has 0 bridgehead atoms. The third-order valence-electron chi connectivity index (χ3n) is 3.17. The second kappa shape index (κ2) is 5.86. The Bertz CT molecular complexity index is 919. The quantitative estimate of drug-likeness (QED) is 0.754. The number of ether oxygens (including phenoxy) is 1. The van der Waals surface area contributed by atoms with Crippen molar-refractivity contribution in [2.45, 2.75) is 0 Å². The first-order valence-electron chi connectivity index (χ1n) is 6.62. The fourth-order valence-corrected chi connectivity index (χ4v) is 2.52. The Labute approximate surface area is 133 Å². The van der Waals surface area contributed by atoms with Crippen LogP contribution in [0.25, 0.3) is 16.9 Å². The number of rotatable bonds is 5. The molecule has 3 rings (SSSR count). The molecule has 0 aliphatic carbocycles. The molecule has 0 saturated heterocycles. The first-order valence-corrected chi connectivity index (χ1v) is 8.03. The highest BCUT2D eigenvalue weighted by Gasteiger charge is 2.14. The number of hydrogen-bond donors (Lipinski definition) is 1. The summed E-state index contributed by atoms with van der Waals surface area (Å²) in [7, 11) is -1.07. The topological polar surface area (TPSA) is 94.8 Å². The molecule has 0 fully saturated rings. The first-order chi connectivity index (χ1) is 11.0. The first kappa shape index (κ1) is 15.3. The summed E-state index contributed by atoms with van der Waals surface area (Å²) >= 11 is 0. The molecule has 0 aliphatic rings. The summed E-state index contributed by atoms with van der Waals surface area (Å²) in [5, 5.41) is 0. The van der Waals surface area contributed by atoms with Crippen LogP contribution < -0.4 is 13.6 Å². The van der Waals surface area contributed by atoms with Gasteiger partial charge in [-0.2, -0.15) is 13.1 Å². The Balaban J connectivity index is 2.02. The van der Waals surface area contributed by atoms with Gasteiger partial charge in [-0.1, -0.05) is 0 Å². The zero-order valence-corrected chi connectivity index (χ0v) is 13.2. The number of hydrogen-bond acceptors (Lipinski definition) is 6. The zero-order chi connectivity index (χ0) is 16.4. The lowest BCUT2D eigenvalue weighted by Gasteiger charge is -2.10. The lowest BCUT2D eigenvalue weighted by atomic mass is 10.1. The van der Waals surface area contributed by atoms with E-state index in [1.807, 2.05) is 10.6 Å². The van der Waals surface area contributed by atoms with Crippen LogP contribution in [0.4, 0.5) is 0 Å². The van der Waals surface area contributed by atoms with Gasteiger partial charge in [0.2, 0.25) is 0 Å². The van der Waals surface area contributed by atoms with E-state index >= 15 is 0 Å². The van der Waals surface area contributed by atoms with E-state index in [9.17, 15) is 8.42 Å². The number of fused-ring (bicyclic) bond motifs is 1. The summed E-state index contributed by atoms with van der Waals surface area (Å²) < 4.78 is 37.0. The summed E-state index contributed by atoms with van der Waals surface area (Å²) in [5.74, 6) is 0.593. The third-order valence-corrected chi connectivity index (χ3v) is 4.08. The van der Waals surface area contributed by atoms with Gasteiger partial charge in [0.25, 0.3) is 0 Å². The van der Waals surface area contributed by atoms with Gasteiger partial charge in [-0.25, -0.2) is 4.98 Å². The molecule has 0 saturated carbocycles. The van der Waals surface area contributed by atoms with E-state index in [4.69, 9.17) is 8.92 Å². The van der Waals surface area contributed by atoms with E-state index in [2.05, 4.69) is 14.7 Å². The fourth-order valence-electron chi connectivity index (χ4n) is 2.08. The molecule has 0 amide bonds. The van der Waals surface area contributed by atoms with Crippen molar-refractivity contribution in [1.82, 2.24) is 19.1 Å². The van der Waals surface area contributed by atoms with Crippen LogP contribution in [0.5, 0.6) is 11.5 Å². The molecular formula is C14H14N4O4S. The van der Waals surface area contributed by atoms with Crippen LogP contribution in [0, 0.1) is 0 Å². The van der Waals surface area contributed by atoms with E-state index in [-0.39, 0.29) is 5.75 Å². The van der Waals surface area contributed by atoms with E-state index in [0.29, 0.717) is 22.7 Å². The van der Waals surface area contributed by atoms with Crippen LogP contribution in [0.15, 0.2) is 43.0 Å². The van der Waals surface area contributed by atoms with Gasteiger partial charge in [0.15, 0.2) is 5.65 Å². The summed E-state index contributed by atoms with van der Waals surface area (Å²) in [5.41, 5.74) is 2.09. The lowest BCUT2D eigenvalue weighted by molar-refractivity contribution is 0.413. The Morgan fingerprint density at radius 2 is 2.13 bits per heavy atom. The van der Waals surface area contributed by atoms with Crippen molar-refractivity contribution in [2.24, 2.45) is 0 Å². The van der Waals surface area contributed by atoms with E-state index in [1.54, 1.807) is 24.7 Å². The van der Waals surface area contributed by atoms with Crippen LogP contribution in [0.3, 0.4) is 0 Å². The van der Waals surface area contributed by atoms with E-state index in [1.165, 1.54) is 26.3 Å². The molecule has 23 heavy (non-hydrogen) atoms. The van der Waals surface area contributed by atoms with Crippen molar-refractivity contribution < 1.29 is 17.3 Å². The normalized spacial score (nSPS) is 11.6. The second-order valence-corrected chi connectivity index (χ2v) is 6.05. The highest BCUT2D eigenvalue weighted by Crippen LogP contribution is 2.33. The number of benzene rings is 1. The average molecular weight is 334 g/mol. The molecule has 0 aliphatic heterocycles. The van der Waals surface area contributed by atoms with Gasteiger partial charge < -0.3 is 13.3 Å². The molecule has 120 valence electrons. The zero-order valence-electron chi connectivity index (χ0n) is 12.4. The van der Waals surface area contributed by atoms with Gasteiger partial charge in [-0.05, 0) is 12.1 Å². The lowest BCUT2D eigenvalue weighted by Crippen LogP contribution is -2.24. The van der Waals surface area contributed by atoms with Crippen LogP contribution in [0.1, 0.15) is 0 Å². The van der Waals surface area contributed by atoms with E-state index < -0.39 is 10.3 Å². The molecule has 0 spiro atoms. The van der Waals surface area contributed by atoms with Crippen LogP contribution in [0.2, 0.25) is 0 Å². The van der Waals surface area contributed by atoms with Gasteiger partial charge in [-0.3, -0.25) is 4.98 Å². The largest absolute Gasteiger partial charge is 0.496 e. The van der Waals surface area contributed by atoms with Crippen molar-refractivity contribution in [1.29, 1.82) is 0 Å². The number of nitrogens with one attached hydrogen (secondary N) is 1. The summed E-state index contributed by atoms with van der Waals surface area (Å²) in [6.45, 7) is 0. The average Bonchev–Trinajstić information content (AvgIpc) is 2.98. The standard InChI is InChI=1S/C14H14N4O4S/c1-15-23(19,20)22-10-3-4-11(13(7-10)21-2)12-9-18-6-5-16-8-14(18)17-12/h3-9,15H,1-2H3. The predicted octanol–water partition coefficient (Wildman–Crippen LogP) is 1.25. The Morgan fingerprint density at radius 1 is 1.30 bits per heavy atom. The maximum absolute atomic E-state index is 11.4. The van der Waals surface area contributed by atoms with Gasteiger partial charge in [0, 0.05) is 37.3 Å². The molecule has 0 radical (unpaired) electrons. The molecule has 8 nitrogen and oxygen atoms in total. The maximum Gasteiger partial charge on any atom is 0.382 e. The van der Waals surface area contributed by atoms with Crippen molar-refractivity contribution in [3.8, 4) is 22.8 Å². The molecule has 0 unspecified atom stereocenters. The highest BCUT2D eigenvalue weighted by molar-refractivity contribution is 7.85. The molecular weight excluding hydrogens is 320 g/mol. The Morgan fingerprint density at radius 3 is 2.83 bits per heavy atom. The fraction of sp³-hybridized carbons (Fsp3) is 0.143. The summed E-state index contributed by atoms with van der Waals surface area (Å²) in [4.78, 5) is 8.48. The molecule has 1 aromatic carbocycles. The summed E-state index contributed by atoms with van der Waals surface area (Å²) in [6.07, 6.45) is 6.93. The Kier molecular flexibility index (Phi) is 3.89. The van der Waals surface area contributed by atoms with Crippen molar-refractivity contribution >= 4 is 16.0 Å². The van der Waals surface area contributed by atoms with Crippen molar-refractivity contribution in [3.05, 3.63) is 43.0 Å². The van der Waals surface area contributed by atoms with Crippen LogP contribution in [-0.2, 0) is 10.3 Å². The minimum atomic E-state index is -3.83. The van der Waals surface area contributed by atoms with E-state index in [0.717, 1.165) is 0 Å². The Hall–Kier alpha value is -2.65. The van der Waals surface area contributed by atoms with Crippen molar-refractivity contribution in [3.63, 3.8) is 0 Å².